The fraction of sp³-hybridized carbons (Fsp3) is 0.471. The summed E-state index contributed by atoms with van der Waals surface area (Å²) in [5, 5.41) is 10.1. The molecule has 2 N–H and O–H groups in total. The minimum absolute atomic E-state index is 0.0618. The molecular weight excluding hydrogens is 306 g/mol. The summed E-state index contributed by atoms with van der Waals surface area (Å²) in [4.78, 5) is 19.3. The fourth-order valence-corrected chi connectivity index (χ4v) is 3.46. The Bertz CT molecular complexity index is 744. The number of ether oxygens (including phenoxy) is 1. The SMILES string of the molecule is Cc1nc([C@H]2CN([C@H]3CCc4ccccc4NC3=O)CCO2)n[nH]1. The molecule has 2 atom stereocenters. The van der Waals surface area contributed by atoms with Gasteiger partial charge in [-0.1, -0.05) is 18.2 Å². The van der Waals surface area contributed by atoms with E-state index in [1.165, 1.54) is 5.56 Å². The average Bonchev–Trinajstić information content (AvgIpc) is 2.95. The topological polar surface area (TPSA) is 83.1 Å². The number of nitrogens with one attached hydrogen (secondary N) is 2. The molecule has 2 aliphatic rings. The maximum absolute atomic E-state index is 12.7. The third kappa shape index (κ3) is 2.92. The number of H-pyrrole nitrogens is 1. The number of nitrogens with zero attached hydrogens (tertiary/aromatic N) is 3. The largest absolute Gasteiger partial charge is 0.367 e. The maximum Gasteiger partial charge on any atom is 0.241 e. The lowest BCUT2D eigenvalue weighted by Crippen LogP contribution is -2.49. The number of para-hydroxylation sites is 1. The summed E-state index contributed by atoms with van der Waals surface area (Å²) in [6.07, 6.45) is 1.51. The van der Waals surface area contributed by atoms with Crippen molar-refractivity contribution in [3.05, 3.63) is 41.5 Å². The third-order valence-electron chi connectivity index (χ3n) is 4.71. The second-order valence-electron chi connectivity index (χ2n) is 6.33. The molecule has 1 aromatic heterocycles. The second-order valence-corrected chi connectivity index (χ2v) is 6.33. The zero-order valence-electron chi connectivity index (χ0n) is 13.7. The van der Waals surface area contributed by atoms with Crippen molar-refractivity contribution in [3.8, 4) is 0 Å². The summed E-state index contributed by atoms with van der Waals surface area (Å²) in [5.74, 6) is 1.50. The number of carbonyl (C=O) groups is 1. The molecular formula is C17H21N5O2. The quantitative estimate of drug-likeness (QED) is 0.872. The maximum atomic E-state index is 12.7. The third-order valence-corrected chi connectivity index (χ3v) is 4.71. The summed E-state index contributed by atoms with van der Waals surface area (Å²) in [6.45, 7) is 3.82. The van der Waals surface area contributed by atoms with Crippen molar-refractivity contribution in [2.75, 3.05) is 25.0 Å². The van der Waals surface area contributed by atoms with Crippen molar-refractivity contribution in [1.82, 2.24) is 20.1 Å². The fourth-order valence-electron chi connectivity index (χ4n) is 3.46. The minimum atomic E-state index is -0.192. The second kappa shape index (κ2) is 6.33. The van der Waals surface area contributed by atoms with E-state index in [0.29, 0.717) is 19.0 Å². The summed E-state index contributed by atoms with van der Waals surface area (Å²) in [6, 6.07) is 7.87. The lowest BCUT2D eigenvalue weighted by molar-refractivity contribution is -0.125. The van der Waals surface area contributed by atoms with E-state index in [2.05, 4.69) is 31.5 Å². The van der Waals surface area contributed by atoms with Crippen LogP contribution in [0.3, 0.4) is 0 Å². The molecule has 0 unspecified atom stereocenters. The van der Waals surface area contributed by atoms with Crippen LogP contribution in [0.1, 0.15) is 29.7 Å². The molecule has 0 spiro atoms. The molecule has 0 aliphatic carbocycles. The van der Waals surface area contributed by atoms with Gasteiger partial charge in [-0.3, -0.25) is 14.8 Å². The molecule has 1 amide bonds. The van der Waals surface area contributed by atoms with E-state index in [1.54, 1.807) is 0 Å². The molecule has 7 heteroatoms. The number of aromatic nitrogens is 3. The highest BCUT2D eigenvalue weighted by atomic mass is 16.5. The van der Waals surface area contributed by atoms with Gasteiger partial charge in [-0.2, -0.15) is 5.10 Å². The van der Waals surface area contributed by atoms with E-state index in [1.807, 2.05) is 25.1 Å². The molecule has 7 nitrogen and oxygen atoms in total. The summed E-state index contributed by atoms with van der Waals surface area (Å²) < 4.78 is 5.81. The number of rotatable bonds is 2. The van der Waals surface area contributed by atoms with E-state index in [4.69, 9.17) is 4.74 Å². The molecule has 0 bridgehead atoms. The van der Waals surface area contributed by atoms with Gasteiger partial charge in [0.1, 0.15) is 11.9 Å². The van der Waals surface area contributed by atoms with Crippen molar-refractivity contribution < 1.29 is 9.53 Å². The molecule has 126 valence electrons. The molecule has 4 rings (SSSR count). The van der Waals surface area contributed by atoms with Gasteiger partial charge in [-0.05, 0) is 31.4 Å². The Morgan fingerprint density at radius 1 is 1.33 bits per heavy atom. The molecule has 1 fully saturated rings. The van der Waals surface area contributed by atoms with Gasteiger partial charge in [0.05, 0.1) is 12.6 Å². The predicted octanol–water partition coefficient (Wildman–Crippen LogP) is 1.44. The van der Waals surface area contributed by atoms with Gasteiger partial charge < -0.3 is 10.1 Å². The first-order valence-corrected chi connectivity index (χ1v) is 8.34. The van der Waals surface area contributed by atoms with Crippen molar-refractivity contribution in [2.45, 2.75) is 31.9 Å². The molecule has 1 saturated heterocycles. The van der Waals surface area contributed by atoms with Crippen LogP contribution in [0.4, 0.5) is 5.69 Å². The molecule has 0 radical (unpaired) electrons. The van der Waals surface area contributed by atoms with Gasteiger partial charge in [-0.25, -0.2) is 4.98 Å². The van der Waals surface area contributed by atoms with E-state index >= 15 is 0 Å². The van der Waals surface area contributed by atoms with Gasteiger partial charge in [-0.15, -0.1) is 0 Å². The first kappa shape index (κ1) is 15.3. The van der Waals surface area contributed by atoms with Crippen molar-refractivity contribution >= 4 is 11.6 Å². The smallest absolute Gasteiger partial charge is 0.241 e. The van der Waals surface area contributed by atoms with Gasteiger partial charge in [0.25, 0.3) is 0 Å². The van der Waals surface area contributed by atoms with Crippen molar-refractivity contribution in [2.24, 2.45) is 0 Å². The lowest BCUT2D eigenvalue weighted by atomic mass is 10.0. The molecule has 3 heterocycles. The molecule has 1 aromatic carbocycles. The van der Waals surface area contributed by atoms with Gasteiger partial charge in [0.2, 0.25) is 5.91 Å². The molecule has 2 aliphatic heterocycles. The highest BCUT2D eigenvalue weighted by Crippen LogP contribution is 2.27. The number of aryl methyl sites for hydroxylation is 2. The molecule has 2 aromatic rings. The number of morpholine rings is 1. The standard InChI is InChI=1S/C17H21N5O2/c1-11-18-16(21-20-11)15-10-22(8-9-24-15)14-7-6-12-4-2-3-5-13(12)19-17(14)23/h2-5,14-15H,6-10H2,1H3,(H,19,23)(H,18,20,21)/t14-,15+/m0/s1. The number of aromatic amines is 1. The number of hydrogen-bond acceptors (Lipinski definition) is 5. The van der Waals surface area contributed by atoms with Crippen LogP contribution in [0.25, 0.3) is 0 Å². The number of anilines is 1. The lowest BCUT2D eigenvalue weighted by Gasteiger charge is -2.36. The Balaban J connectivity index is 1.50. The van der Waals surface area contributed by atoms with Crippen molar-refractivity contribution in [1.29, 1.82) is 0 Å². The van der Waals surface area contributed by atoms with E-state index in [9.17, 15) is 4.79 Å². The van der Waals surface area contributed by atoms with Crippen LogP contribution in [-0.4, -0.2) is 51.7 Å². The minimum Gasteiger partial charge on any atom is -0.367 e. The Labute approximate surface area is 140 Å². The highest BCUT2D eigenvalue weighted by molar-refractivity contribution is 5.96. The summed E-state index contributed by atoms with van der Waals surface area (Å²) >= 11 is 0. The average molecular weight is 327 g/mol. The van der Waals surface area contributed by atoms with Crippen LogP contribution in [0.5, 0.6) is 0 Å². The van der Waals surface area contributed by atoms with Crippen LogP contribution in [0, 0.1) is 6.92 Å². The number of fused-ring (bicyclic) bond motifs is 1. The monoisotopic (exact) mass is 327 g/mol. The van der Waals surface area contributed by atoms with Crippen LogP contribution < -0.4 is 5.32 Å². The summed E-state index contributed by atoms with van der Waals surface area (Å²) in [5.41, 5.74) is 2.13. The van der Waals surface area contributed by atoms with E-state index in [-0.39, 0.29) is 18.1 Å². The van der Waals surface area contributed by atoms with Crippen molar-refractivity contribution in [3.63, 3.8) is 0 Å². The number of amides is 1. The summed E-state index contributed by atoms with van der Waals surface area (Å²) in [7, 11) is 0. The van der Waals surface area contributed by atoms with E-state index < -0.39 is 0 Å². The zero-order chi connectivity index (χ0) is 16.5. The Kier molecular flexibility index (Phi) is 4.03. The number of hydrogen-bond donors (Lipinski definition) is 2. The molecule has 0 saturated carbocycles. The number of benzene rings is 1. The Morgan fingerprint density at radius 2 is 2.21 bits per heavy atom. The van der Waals surface area contributed by atoms with Crippen LogP contribution in [-0.2, 0) is 16.0 Å². The van der Waals surface area contributed by atoms with Crippen LogP contribution >= 0.6 is 0 Å². The molecule has 24 heavy (non-hydrogen) atoms. The Morgan fingerprint density at radius 3 is 3.04 bits per heavy atom. The van der Waals surface area contributed by atoms with E-state index in [0.717, 1.165) is 30.9 Å². The Hall–Kier alpha value is -2.25. The van der Waals surface area contributed by atoms with Gasteiger partial charge >= 0.3 is 0 Å². The highest BCUT2D eigenvalue weighted by Gasteiger charge is 2.34. The first-order valence-electron chi connectivity index (χ1n) is 8.34. The normalized spacial score (nSPS) is 25.0. The zero-order valence-corrected chi connectivity index (χ0v) is 13.7. The van der Waals surface area contributed by atoms with Crippen LogP contribution in [0.2, 0.25) is 0 Å². The number of carbonyl (C=O) groups excluding carboxylic acids is 1. The first-order chi connectivity index (χ1) is 11.7. The van der Waals surface area contributed by atoms with Gasteiger partial charge in [0, 0.05) is 18.8 Å². The van der Waals surface area contributed by atoms with Gasteiger partial charge in [0.15, 0.2) is 5.82 Å². The predicted molar refractivity (Wildman–Crippen MR) is 88.6 cm³/mol. The van der Waals surface area contributed by atoms with Crippen LogP contribution in [0.15, 0.2) is 24.3 Å².